The maximum absolute atomic E-state index is 14.8. The molecule has 29 heavy (non-hydrogen) atoms. The first-order valence-electron chi connectivity index (χ1n) is 9.76. The predicted molar refractivity (Wildman–Crippen MR) is 112 cm³/mol. The number of rotatable bonds is 9. The topological polar surface area (TPSA) is 82.2 Å². The molecule has 154 valence electrons. The van der Waals surface area contributed by atoms with Crippen molar-refractivity contribution >= 4 is 16.9 Å². The lowest BCUT2D eigenvalue weighted by molar-refractivity contribution is -0.119. The van der Waals surface area contributed by atoms with Gasteiger partial charge in [0.2, 0.25) is 5.91 Å². The molecule has 0 bridgehead atoms. The normalized spacial score (nSPS) is 12.4. The molecule has 0 aliphatic carbocycles. The Kier molecular flexibility index (Phi) is 6.61. The monoisotopic (exact) mass is 398 g/mol. The third kappa shape index (κ3) is 4.81. The third-order valence-corrected chi connectivity index (χ3v) is 4.94. The molecule has 0 aliphatic rings. The number of hydrogen-bond donors (Lipinski definition) is 2. The molecular formula is C22H27FN4O2. The van der Waals surface area contributed by atoms with Gasteiger partial charge in [0.05, 0.1) is 30.2 Å². The number of carbonyl (C=O) groups is 1. The minimum Gasteiger partial charge on any atom is -0.380 e. The number of nitrogens with one attached hydrogen (secondary N) is 1. The number of aryl methyl sites for hydroxylation is 1. The van der Waals surface area contributed by atoms with Gasteiger partial charge in [-0.1, -0.05) is 29.8 Å². The Morgan fingerprint density at radius 2 is 2.03 bits per heavy atom. The Morgan fingerprint density at radius 1 is 1.31 bits per heavy atom. The zero-order valence-electron chi connectivity index (χ0n) is 17.0. The van der Waals surface area contributed by atoms with Crippen LogP contribution in [0.5, 0.6) is 0 Å². The maximum atomic E-state index is 14.8. The Hall–Kier alpha value is -2.77. The average molecular weight is 398 g/mol. The molecule has 2 aromatic carbocycles. The van der Waals surface area contributed by atoms with E-state index in [1.807, 2.05) is 48.7 Å². The molecule has 1 heterocycles. The maximum Gasteiger partial charge on any atom is 0.234 e. The van der Waals surface area contributed by atoms with Crippen LogP contribution < -0.4 is 11.1 Å². The molecule has 0 saturated carbocycles. The molecule has 0 fully saturated rings. The summed E-state index contributed by atoms with van der Waals surface area (Å²) in [4.78, 5) is 15.9. The SMILES string of the molecule is CCOCCn1c(CN[C@@H](C)C(N)=O)nc2cc(F)c(-c3ccc(C)cc3)cc21. The number of nitrogens with zero attached hydrogens (tertiary/aromatic N) is 2. The summed E-state index contributed by atoms with van der Waals surface area (Å²) in [5, 5.41) is 3.06. The van der Waals surface area contributed by atoms with Gasteiger partial charge in [-0.3, -0.25) is 10.1 Å². The molecule has 7 heteroatoms. The zero-order valence-corrected chi connectivity index (χ0v) is 17.0. The fourth-order valence-electron chi connectivity index (χ4n) is 3.18. The summed E-state index contributed by atoms with van der Waals surface area (Å²) in [6, 6.07) is 10.6. The van der Waals surface area contributed by atoms with Crippen molar-refractivity contribution in [1.29, 1.82) is 0 Å². The molecule has 1 amide bonds. The van der Waals surface area contributed by atoms with E-state index in [-0.39, 0.29) is 5.82 Å². The van der Waals surface area contributed by atoms with E-state index in [1.54, 1.807) is 6.92 Å². The van der Waals surface area contributed by atoms with Crippen molar-refractivity contribution in [2.24, 2.45) is 5.73 Å². The van der Waals surface area contributed by atoms with Crippen molar-refractivity contribution in [3.8, 4) is 11.1 Å². The van der Waals surface area contributed by atoms with Gasteiger partial charge in [-0.15, -0.1) is 0 Å². The Morgan fingerprint density at radius 3 is 2.69 bits per heavy atom. The van der Waals surface area contributed by atoms with Crippen LogP contribution in [0.1, 0.15) is 25.2 Å². The number of nitrogens with two attached hydrogens (primary N) is 1. The summed E-state index contributed by atoms with van der Waals surface area (Å²) in [6.07, 6.45) is 0. The first-order chi connectivity index (χ1) is 13.9. The van der Waals surface area contributed by atoms with Crippen molar-refractivity contribution in [1.82, 2.24) is 14.9 Å². The highest BCUT2D eigenvalue weighted by Gasteiger charge is 2.17. The number of benzene rings is 2. The second kappa shape index (κ2) is 9.15. The molecule has 3 aromatic rings. The summed E-state index contributed by atoms with van der Waals surface area (Å²) in [7, 11) is 0. The summed E-state index contributed by atoms with van der Waals surface area (Å²) in [6.45, 7) is 7.68. The highest BCUT2D eigenvalue weighted by atomic mass is 19.1. The quantitative estimate of drug-likeness (QED) is 0.543. The minimum absolute atomic E-state index is 0.319. The van der Waals surface area contributed by atoms with Gasteiger partial charge in [-0.2, -0.15) is 0 Å². The van der Waals surface area contributed by atoms with E-state index in [4.69, 9.17) is 10.5 Å². The molecule has 3 N–H and O–H groups in total. The average Bonchev–Trinajstić information content (AvgIpc) is 3.02. The number of hydrogen-bond acceptors (Lipinski definition) is 4. The molecule has 0 aliphatic heterocycles. The van der Waals surface area contributed by atoms with Crippen molar-refractivity contribution in [2.45, 2.75) is 39.9 Å². The van der Waals surface area contributed by atoms with Crippen molar-refractivity contribution in [3.63, 3.8) is 0 Å². The molecule has 6 nitrogen and oxygen atoms in total. The number of halogens is 1. The van der Waals surface area contributed by atoms with Crippen LogP contribution in [0.4, 0.5) is 4.39 Å². The number of amides is 1. The molecular weight excluding hydrogens is 371 g/mol. The number of primary amides is 1. The fraction of sp³-hybridized carbons (Fsp3) is 0.364. The second-order valence-electron chi connectivity index (χ2n) is 7.07. The number of ether oxygens (including phenoxy) is 1. The van der Waals surface area contributed by atoms with E-state index < -0.39 is 11.9 Å². The number of fused-ring (bicyclic) bond motifs is 1. The number of aromatic nitrogens is 2. The lowest BCUT2D eigenvalue weighted by Gasteiger charge is -2.13. The Balaban J connectivity index is 2.02. The van der Waals surface area contributed by atoms with Crippen LogP contribution in [0, 0.1) is 12.7 Å². The molecule has 1 aromatic heterocycles. The lowest BCUT2D eigenvalue weighted by atomic mass is 10.0. The summed E-state index contributed by atoms with van der Waals surface area (Å²) < 4.78 is 22.3. The van der Waals surface area contributed by atoms with E-state index >= 15 is 0 Å². The third-order valence-electron chi connectivity index (χ3n) is 4.94. The van der Waals surface area contributed by atoms with Crippen molar-refractivity contribution in [3.05, 3.63) is 53.6 Å². The minimum atomic E-state index is -0.491. The Bertz CT molecular complexity index is 998. The molecule has 3 rings (SSSR count). The van der Waals surface area contributed by atoms with Gasteiger partial charge in [0.15, 0.2) is 0 Å². The standard InChI is InChI=1S/C22H27FN4O2/c1-4-29-10-9-27-20-11-17(16-7-5-14(2)6-8-16)18(23)12-19(20)26-21(27)13-25-15(3)22(24)28/h5-8,11-12,15,25H,4,9-10,13H2,1-3H3,(H2,24,28)/t15-/m0/s1. The van der Waals surface area contributed by atoms with Gasteiger partial charge in [0, 0.05) is 24.8 Å². The van der Waals surface area contributed by atoms with Crippen LogP contribution in [0.3, 0.4) is 0 Å². The van der Waals surface area contributed by atoms with Gasteiger partial charge >= 0.3 is 0 Å². The van der Waals surface area contributed by atoms with Crippen LogP contribution in [-0.2, 0) is 22.6 Å². The predicted octanol–water partition coefficient (Wildman–Crippen LogP) is 3.15. The molecule has 0 spiro atoms. The largest absolute Gasteiger partial charge is 0.380 e. The van der Waals surface area contributed by atoms with E-state index in [0.29, 0.717) is 43.2 Å². The Labute approximate surface area is 169 Å². The number of imidazole rings is 1. The first kappa shape index (κ1) is 21.0. The summed E-state index contributed by atoms with van der Waals surface area (Å²) in [5.41, 5.74) is 9.18. The smallest absolute Gasteiger partial charge is 0.234 e. The van der Waals surface area contributed by atoms with Crippen molar-refractivity contribution in [2.75, 3.05) is 13.2 Å². The summed E-state index contributed by atoms with van der Waals surface area (Å²) >= 11 is 0. The van der Waals surface area contributed by atoms with Crippen LogP contribution in [0.15, 0.2) is 36.4 Å². The van der Waals surface area contributed by atoms with Crippen molar-refractivity contribution < 1.29 is 13.9 Å². The second-order valence-corrected chi connectivity index (χ2v) is 7.07. The fourth-order valence-corrected chi connectivity index (χ4v) is 3.18. The van der Waals surface area contributed by atoms with E-state index in [2.05, 4.69) is 10.3 Å². The molecule has 0 unspecified atom stereocenters. The lowest BCUT2D eigenvalue weighted by Crippen LogP contribution is -2.38. The van der Waals surface area contributed by atoms with Crippen LogP contribution >= 0.6 is 0 Å². The highest BCUT2D eigenvalue weighted by Crippen LogP contribution is 2.29. The number of carbonyl (C=O) groups excluding carboxylic acids is 1. The van der Waals surface area contributed by atoms with E-state index in [1.165, 1.54) is 6.07 Å². The van der Waals surface area contributed by atoms with Crippen LogP contribution in [0.25, 0.3) is 22.2 Å². The highest BCUT2D eigenvalue weighted by molar-refractivity contribution is 5.83. The molecule has 1 atom stereocenters. The molecule has 0 radical (unpaired) electrons. The van der Waals surface area contributed by atoms with Crippen LogP contribution in [-0.4, -0.2) is 34.7 Å². The van der Waals surface area contributed by atoms with Gasteiger partial charge < -0.3 is 15.0 Å². The van der Waals surface area contributed by atoms with Gasteiger partial charge in [-0.25, -0.2) is 9.37 Å². The van der Waals surface area contributed by atoms with Gasteiger partial charge in [-0.05, 0) is 32.4 Å². The van der Waals surface area contributed by atoms with Gasteiger partial charge in [0.1, 0.15) is 11.6 Å². The molecule has 0 saturated heterocycles. The zero-order chi connectivity index (χ0) is 21.0. The van der Waals surface area contributed by atoms with Crippen LogP contribution in [0.2, 0.25) is 0 Å². The summed E-state index contributed by atoms with van der Waals surface area (Å²) in [5.74, 6) is -0.0521. The van der Waals surface area contributed by atoms with E-state index in [9.17, 15) is 9.18 Å². The first-order valence-corrected chi connectivity index (χ1v) is 9.76. The van der Waals surface area contributed by atoms with E-state index in [0.717, 1.165) is 16.6 Å². The van der Waals surface area contributed by atoms with Gasteiger partial charge in [0.25, 0.3) is 0 Å².